The Morgan fingerprint density at radius 2 is 1.75 bits per heavy atom. The normalized spacial score (nSPS) is 10.4. The van der Waals surface area contributed by atoms with Crippen LogP contribution in [0.1, 0.15) is 10.4 Å². The molecular formula is C20H16BrCl2N5O3S. The van der Waals surface area contributed by atoms with Crippen molar-refractivity contribution in [2.24, 2.45) is 0 Å². The predicted octanol–water partition coefficient (Wildman–Crippen LogP) is 5.88. The quantitative estimate of drug-likeness (QED) is 0.232. The Bertz CT molecular complexity index is 1160. The van der Waals surface area contributed by atoms with E-state index in [2.05, 4.69) is 44.4 Å². The first-order chi connectivity index (χ1) is 15.2. The molecule has 1 heterocycles. The molecule has 0 saturated heterocycles. The molecule has 0 aliphatic rings. The molecule has 0 aliphatic carbocycles. The van der Waals surface area contributed by atoms with Gasteiger partial charge in [0.05, 0.1) is 39.8 Å². The Morgan fingerprint density at radius 3 is 2.34 bits per heavy atom. The molecule has 0 spiro atoms. The Morgan fingerprint density at radius 1 is 1.12 bits per heavy atom. The number of nitrogens with two attached hydrogens (primary N) is 1. The molecule has 4 N–H and O–H groups in total. The van der Waals surface area contributed by atoms with Crippen LogP contribution < -0.4 is 25.4 Å². The van der Waals surface area contributed by atoms with Crippen molar-refractivity contribution in [3.63, 3.8) is 0 Å². The average Bonchev–Trinajstić information content (AvgIpc) is 2.77. The van der Waals surface area contributed by atoms with Crippen LogP contribution in [0.25, 0.3) is 0 Å². The van der Waals surface area contributed by atoms with Gasteiger partial charge in [-0.15, -0.1) is 0 Å². The van der Waals surface area contributed by atoms with Crippen LogP contribution in [0.4, 0.5) is 27.5 Å². The van der Waals surface area contributed by atoms with Crippen LogP contribution in [0, 0.1) is 0 Å². The Balaban J connectivity index is 1.90. The number of halogens is 3. The van der Waals surface area contributed by atoms with E-state index in [1.807, 2.05) is 0 Å². The number of urea groups is 1. The summed E-state index contributed by atoms with van der Waals surface area (Å²) in [4.78, 5) is 29.5. The zero-order valence-corrected chi connectivity index (χ0v) is 20.4. The molecular weight excluding hydrogens is 541 g/mol. The molecule has 0 unspecified atom stereocenters. The van der Waals surface area contributed by atoms with Gasteiger partial charge < -0.3 is 21.1 Å². The van der Waals surface area contributed by atoms with Crippen molar-refractivity contribution in [2.45, 2.75) is 0 Å². The van der Waals surface area contributed by atoms with Crippen LogP contribution in [0.15, 0.2) is 53.3 Å². The summed E-state index contributed by atoms with van der Waals surface area (Å²) in [7, 11) is 1.41. The first-order valence-electron chi connectivity index (χ1n) is 8.84. The molecule has 3 aromatic rings. The molecule has 0 aliphatic heterocycles. The van der Waals surface area contributed by atoms with Crippen molar-refractivity contribution < 1.29 is 14.3 Å². The summed E-state index contributed by atoms with van der Waals surface area (Å²) in [5.74, 6) is -0.240. The number of benzene rings is 2. The third kappa shape index (κ3) is 5.39. The lowest BCUT2D eigenvalue weighted by molar-refractivity contribution is 0.102. The summed E-state index contributed by atoms with van der Waals surface area (Å²) in [6.45, 7) is 0. The number of anilines is 4. The van der Waals surface area contributed by atoms with Gasteiger partial charge in [-0.05, 0) is 30.3 Å². The molecule has 0 radical (unpaired) electrons. The number of aromatic nitrogens is 1. The van der Waals surface area contributed by atoms with Crippen molar-refractivity contribution in [1.82, 2.24) is 4.98 Å². The number of nitrogens with zero attached hydrogens (tertiary/aromatic N) is 2. The number of thiol groups is 1. The van der Waals surface area contributed by atoms with Crippen LogP contribution in [0.5, 0.6) is 5.75 Å². The first-order valence-corrected chi connectivity index (χ1v) is 10.8. The zero-order chi connectivity index (χ0) is 23.4. The fourth-order valence-electron chi connectivity index (χ4n) is 2.65. The molecule has 2 aromatic carbocycles. The second kappa shape index (κ2) is 10.3. The van der Waals surface area contributed by atoms with Gasteiger partial charge in [0.2, 0.25) is 0 Å². The number of carbonyl (C=O) groups excluding carboxylic acids is 2. The highest BCUT2D eigenvalue weighted by Crippen LogP contribution is 2.35. The van der Waals surface area contributed by atoms with E-state index in [4.69, 9.17) is 33.7 Å². The van der Waals surface area contributed by atoms with Crippen molar-refractivity contribution in [3.8, 4) is 5.75 Å². The lowest BCUT2D eigenvalue weighted by atomic mass is 10.1. The van der Waals surface area contributed by atoms with Gasteiger partial charge in [-0.1, -0.05) is 51.9 Å². The topological polar surface area (TPSA) is 110 Å². The standard InChI is InChI=1S/C20H16BrCl2N5O3S/c1-31-17-7-15(24)16(6-12(17)19(29)26-11-4-2-10(21)3-5-11)28(32)20(30)27-18-13(22)8-25-9-14(18)23/h2-9,32H,24H2,1H3,(H,26,29)(H,25,27,30). The van der Waals surface area contributed by atoms with E-state index in [0.29, 0.717) is 5.69 Å². The number of carbonyl (C=O) groups is 2. The molecule has 0 bridgehead atoms. The van der Waals surface area contributed by atoms with E-state index in [1.165, 1.54) is 31.6 Å². The number of amides is 3. The minimum Gasteiger partial charge on any atom is -0.496 e. The maximum atomic E-state index is 12.9. The van der Waals surface area contributed by atoms with E-state index in [9.17, 15) is 9.59 Å². The second-order valence-corrected chi connectivity index (χ2v) is 8.42. The summed E-state index contributed by atoms with van der Waals surface area (Å²) in [5.41, 5.74) is 7.25. The van der Waals surface area contributed by atoms with Gasteiger partial charge in [0.15, 0.2) is 0 Å². The van der Waals surface area contributed by atoms with E-state index >= 15 is 0 Å². The maximum Gasteiger partial charge on any atom is 0.336 e. The fraction of sp³-hybridized carbons (Fsp3) is 0.0500. The van der Waals surface area contributed by atoms with Crippen molar-refractivity contribution in [3.05, 3.63) is 68.9 Å². The van der Waals surface area contributed by atoms with Gasteiger partial charge in [-0.3, -0.25) is 9.78 Å². The van der Waals surface area contributed by atoms with Gasteiger partial charge in [-0.2, -0.15) is 0 Å². The molecule has 166 valence electrons. The van der Waals surface area contributed by atoms with Gasteiger partial charge in [0.1, 0.15) is 5.75 Å². The zero-order valence-electron chi connectivity index (χ0n) is 16.4. The number of rotatable bonds is 5. The lowest BCUT2D eigenvalue weighted by Crippen LogP contribution is -2.28. The summed E-state index contributed by atoms with van der Waals surface area (Å²) in [5, 5.41) is 5.59. The number of hydrogen-bond donors (Lipinski definition) is 4. The predicted molar refractivity (Wildman–Crippen MR) is 134 cm³/mol. The van der Waals surface area contributed by atoms with Crippen LogP contribution in [-0.2, 0) is 0 Å². The number of pyridine rings is 1. The number of methoxy groups -OCH3 is 1. The fourth-order valence-corrected chi connectivity index (χ4v) is 3.59. The monoisotopic (exact) mass is 555 g/mol. The van der Waals surface area contributed by atoms with Gasteiger partial charge in [-0.25, -0.2) is 9.10 Å². The highest BCUT2D eigenvalue weighted by atomic mass is 79.9. The third-order valence-electron chi connectivity index (χ3n) is 4.20. The molecule has 0 fully saturated rings. The van der Waals surface area contributed by atoms with Crippen LogP contribution in [0.3, 0.4) is 0 Å². The van der Waals surface area contributed by atoms with Gasteiger partial charge in [0, 0.05) is 28.6 Å². The summed E-state index contributed by atoms with van der Waals surface area (Å²) >= 11 is 19.7. The number of nitrogens with one attached hydrogen (secondary N) is 2. The SMILES string of the molecule is COc1cc(N)c(N(S)C(=O)Nc2c(Cl)cncc2Cl)cc1C(=O)Nc1ccc(Br)cc1. The molecule has 3 amide bonds. The molecule has 8 nitrogen and oxygen atoms in total. The van der Waals surface area contributed by atoms with E-state index in [1.54, 1.807) is 24.3 Å². The third-order valence-corrected chi connectivity index (χ3v) is 5.70. The smallest absolute Gasteiger partial charge is 0.336 e. The number of ether oxygens (including phenoxy) is 1. The highest BCUT2D eigenvalue weighted by Gasteiger charge is 2.22. The summed E-state index contributed by atoms with van der Waals surface area (Å²) in [6, 6.07) is 9.15. The highest BCUT2D eigenvalue weighted by molar-refractivity contribution is 9.10. The second-order valence-electron chi connectivity index (χ2n) is 6.29. The average molecular weight is 557 g/mol. The molecule has 3 rings (SSSR count). The van der Waals surface area contributed by atoms with E-state index in [-0.39, 0.29) is 38.4 Å². The minimum atomic E-state index is -0.709. The lowest BCUT2D eigenvalue weighted by Gasteiger charge is -2.21. The van der Waals surface area contributed by atoms with Gasteiger partial charge in [0.25, 0.3) is 5.91 Å². The van der Waals surface area contributed by atoms with E-state index < -0.39 is 11.9 Å². The molecule has 1 aromatic heterocycles. The molecule has 0 atom stereocenters. The first kappa shape index (κ1) is 24.0. The number of hydrogen-bond acceptors (Lipinski definition) is 6. The minimum absolute atomic E-state index is 0.143. The van der Waals surface area contributed by atoms with Gasteiger partial charge >= 0.3 is 6.03 Å². The molecule has 0 saturated carbocycles. The summed E-state index contributed by atoms with van der Waals surface area (Å²) < 4.78 is 7.09. The van der Waals surface area contributed by atoms with E-state index in [0.717, 1.165) is 8.78 Å². The van der Waals surface area contributed by atoms with Crippen molar-refractivity contribution in [2.75, 3.05) is 27.8 Å². The number of nitrogen functional groups attached to an aromatic ring is 1. The Labute approximate surface area is 207 Å². The summed E-state index contributed by atoms with van der Waals surface area (Å²) in [6.07, 6.45) is 2.66. The molecule has 32 heavy (non-hydrogen) atoms. The van der Waals surface area contributed by atoms with Crippen LogP contribution in [-0.4, -0.2) is 24.0 Å². The largest absolute Gasteiger partial charge is 0.496 e. The Kier molecular flexibility index (Phi) is 7.73. The maximum absolute atomic E-state index is 12.9. The van der Waals surface area contributed by atoms with Crippen LogP contribution in [0.2, 0.25) is 10.0 Å². The molecule has 12 heteroatoms. The van der Waals surface area contributed by atoms with Crippen LogP contribution >= 0.6 is 51.9 Å². The van der Waals surface area contributed by atoms with Crippen molar-refractivity contribution >= 4 is 86.6 Å². The van der Waals surface area contributed by atoms with Crippen molar-refractivity contribution in [1.29, 1.82) is 0 Å². The Hall–Kier alpha value is -2.66.